The average molecular weight is 285 g/mol. The highest BCUT2D eigenvalue weighted by Gasteiger charge is 2.10. The van der Waals surface area contributed by atoms with Crippen LogP contribution in [0.15, 0.2) is 54.6 Å². The summed E-state index contributed by atoms with van der Waals surface area (Å²) in [5.74, 6) is -0.170. The van der Waals surface area contributed by atoms with Crippen molar-refractivity contribution in [1.29, 1.82) is 0 Å². The normalized spacial score (nSPS) is 12.3. The van der Waals surface area contributed by atoms with Gasteiger partial charge in [0.25, 0.3) is 0 Å². The average Bonchev–Trinajstić information content (AvgIpc) is 2.52. The van der Waals surface area contributed by atoms with Gasteiger partial charge in [-0.05, 0) is 29.7 Å². The summed E-state index contributed by atoms with van der Waals surface area (Å²) in [5, 5.41) is 3.57. The van der Waals surface area contributed by atoms with Gasteiger partial charge in [0.15, 0.2) is 0 Å². The molecule has 0 saturated heterocycles. The van der Waals surface area contributed by atoms with Crippen LogP contribution in [0.4, 0.5) is 4.39 Å². The summed E-state index contributed by atoms with van der Waals surface area (Å²) in [6, 6.07) is 17.7. The summed E-state index contributed by atoms with van der Waals surface area (Å²) in [6.45, 7) is 2.92. The van der Waals surface area contributed by atoms with Crippen LogP contribution in [0.3, 0.4) is 0 Å². The highest BCUT2D eigenvalue weighted by molar-refractivity contribution is 5.20. The number of halogens is 1. The molecule has 112 valence electrons. The molecule has 2 heteroatoms. The summed E-state index contributed by atoms with van der Waals surface area (Å²) < 4.78 is 13.2. The van der Waals surface area contributed by atoms with Crippen molar-refractivity contribution in [3.8, 4) is 0 Å². The highest BCUT2D eigenvalue weighted by Crippen LogP contribution is 2.20. The quantitative estimate of drug-likeness (QED) is 0.654. The van der Waals surface area contributed by atoms with Crippen molar-refractivity contribution in [1.82, 2.24) is 5.32 Å². The minimum absolute atomic E-state index is 0.170. The molecule has 2 rings (SSSR count). The van der Waals surface area contributed by atoms with Gasteiger partial charge in [-0.2, -0.15) is 0 Å². The lowest BCUT2D eigenvalue weighted by atomic mass is 10.00. The Morgan fingerprint density at radius 2 is 1.81 bits per heavy atom. The molecule has 21 heavy (non-hydrogen) atoms. The summed E-state index contributed by atoms with van der Waals surface area (Å²) in [6.07, 6.45) is 4.82. The predicted molar refractivity (Wildman–Crippen MR) is 86.6 cm³/mol. The minimum Gasteiger partial charge on any atom is -0.306 e. The van der Waals surface area contributed by atoms with Crippen LogP contribution >= 0.6 is 0 Å². The Kier molecular flexibility index (Phi) is 6.42. The SMILES string of the molecule is CCCCCC(NCc1cccc(F)c1)c1ccccc1. The molecular weight excluding hydrogens is 261 g/mol. The second-order valence-electron chi connectivity index (χ2n) is 5.47. The Bertz CT molecular complexity index is 524. The molecule has 0 radical (unpaired) electrons. The number of rotatable bonds is 8. The van der Waals surface area contributed by atoms with Crippen molar-refractivity contribution < 1.29 is 4.39 Å². The molecule has 2 aromatic rings. The van der Waals surface area contributed by atoms with E-state index < -0.39 is 0 Å². The first-order valence-corrected chi connectivity index (χ1v) is 7.82. The van der Waals surface area contributed by atoms with Crippen molar-refractivity contribution >= 4 is 0 Å². The Hall–Kier alpha value is -1.67. The second-order valence-corrected chi connectivity index (χ2v) is 5.47. The fourth-order valence-electron chi connectivity index (χ4n) is 2.56. The van der Waals surface area contributed by atoms with Gasteiger partial charge in [0.2, 0.25) is 0 Å². The molecule has 1 atom stereocenters. The van der Waals surface area contributed by atoms with E-state index in [1.807, 2.05) is 12.1 Å². The maximum Gasteiger partial charge on any atom is 0.123 e. The molecular formula is C19H24FN. The van der Waals surface area contributed by atoms with Crippen LogP contribution in [0.1, 0.15) is 49.8 Å². The zero-order chi connectivity index (χ0) is 14.9. The summed E-state index contributed by atoms with van der Waals surface area (Å²) in [7, 11) is 0. The molecule has 0 amide bonds. The lowest BCUT2D eigenvalue weighted by Crippen LogP contribution is -2.21. The molecule has 0 heterocycles. The standard InChI is InChI=1S/C19H24FN/c1-2-3-5-13-19(17-10-6-4-7-11-17)21-15-16-9-8-12-18(20)14-16/h4,6-12,14,19,21H,2-3,5,13,15H2,1H3. The first-order chi connectivity index (χ1) is 10.3. The first kappa shape index (κ1) is 15.7. The van der Waals surface area contributed by atoms with Gasteiger partial charge < -0.3 is 5.32 Å². The number of nitrogens with one attached hydrogen (secondary N) is 1. The molecule has 0 bridgehead atoms. The van der Waals surface area contributed by atoms with Gasteiger partial charge in [-0.3, -0.25) is 0 Å². The van der Waals surface area contributed by atoms with Gasteiger partial charge >= 0.3 is 0 Å². The monoisotopic (exact) mass is 285 g/mol. The van der Waals surface area contributed by atoms with Gasteiger partial charge in [-0.25, -0.2) is 4.39 Å². The molecule has 1 nitrogen and oxygen atoms in total. The maximum atomic E-state index is 13.2. The highest BCUT2D eigenvalue weighted by atomic mass is 19.1. The van der Waals surface area contributed by atoms with Gasteiger partial charge in [-0.15, -0.1) is 0 Å². The van der Waals surface area contributed by atoms with E-state index in [1.165, 1.54) is 30.9 Å². The Morgan fingerprint density at radius 3 is 2.52 bits per heavy atom. The largest absolute Gasteiger partial charge is 0.306 e. The van der Waals surface area contributed by atoms with Crippen LogP contribution in [0.25, 0.3) is 0 Å². The molecule has 1 unspecified atom stereocenters. The first-order valence-electron chi connectivity index (χ1n) is 7.82. The minimum atomic E-state index is -0.170. The van der Waals surface area contributed by atoms with Crippen LogP contribution in [0.2, 0.25) is 0 Å². The number of benzene rings is 2. The van der Waals surface area contributed by atoms with Crippen molar-refractivity contribution in [3.63, 3.8) is 0 Å². The van der Waals surface area contributed by atoms with Gasteiger partial charge in [-0.1, -0.05) is 68.7 Å². The van der Waals surface area contributed by atoms with Gasteiger partial charge in [0, 0.05) is 12.6 Å². The van der Waals surface area contributed by atoms with Crippen molar-refractivity contribution in [3.05, 3.63) is 71.5 Å². The molecule has 0 aliphatic rings. The Balaban J connectivity index is 1.98. The van der Waals surface area contributed by atoms with Gasteiger partial charge in [0.1, 0.15) is 5.82 Å². The van der Waals surface area contributed by atoms with E-state index in [2.05, 4.69) is 36.5 Å². The van der Waals surface area contributed by atoms with Crippen LogP contribution in [-0.2, 0) is 6.54 Å². The van der Waals surface area contributed by atoms with Crippen LogP contribution in [-0.4, -0.2) is 0 Å². The Morgan fingerprint density at radius 1 is 1.00 bits per heavy atom. The van der Waals surface area contributed by atoms with Gasteiger partial charge in [0.05, 0.1) is 0 Å². The summed E-state index contributed by atoms with van der Waals surface area (Å²) in [4.78, 5) is 0. The number of unbranched alkanes of at least 4 members (excludes halogenated alkanes) is 2. The smallest absolute Gasteiger partial charge is 0.123 e. The third kappa shape index (κ3) is 5.31. The van der Waals surface area contributed by atoms with Crippen LogP contribution in [0, 0.1) is 5.82 Å². The topological polar surface area (TPSA) is 12.0 Å². The molecule has 1 N–H and O–H groups in total. The third-order valence-electron chi connectivity index (χ3n) is 3.74. The van der Waals surface area contributed by atoms with E-state index in [9.17, 15) is 4.39 Å². The molecule has 0 aliphatic heterocycles. The van der Waals surface area contributed by atoms with E-state index in [1.54, 1.807) is 12.1 Å². The summed E-state index contributed by atoms with van der Waals surface area (Å²) in [5.41, 5.74) is 2.30. The fourth-order valence-corrected chi connectivity index (χ4v) is 2.56. The lowest BCUT2D eigenvalue weighted by Gasteiger charge is -2.19. The number of hydrogen-bond donors (Lipinski definition) is 1. The Labute approximate surface area is 127 Å². The van der Waals surface area contributed by atoms with E-state index >= 15 is 0 Å². The zero-order valence-electron chi connectivity index (χ0n) is 12.7. The fraction of sp³-hybridized carbons (Fsp3) is 0.368. The predicted octanol–water partition coefficient (Wildman–Crippen LogP) is 5.24. The van der Waals surface area contributed by atoms with Crippen molar-refractivity contribution in [2.45, 2.75) is 45.2 Å². The van der Waals surface area contributed by atoms with Crippen LogP contribution < -0.4 is 5.32 Å². The molecule has 0 spiro atoms. The van der Waals surface area contributed by atoms with E-state index in [4.69, 9.17) is 0 Å². The molecule has 0 saturated carbocycles. The lowest BCUT2D eigenvalue weighted by molar-refractivity contribution is 0.472. The molecule has 0 aliphatic carbocycles. The summed E-state index contributed by atoms with van der Waals surface area (Å²) >= 11 is 0. The van der Waals surface area contributed by atoms with E-state index in [-0.39, 0.29) is 5.82 Å². The molecule has 2 aromatic carbocycles. The second kappa shape index (κ2) is 8.58. The number of hydrogen-bond acceptors (Lipinski definition) is 1. The molecule has 0 aromatic heterocycles. The van der Waals surface area contributed by atoms with E-state index in [0.717, 1.165) is 12.0 Å². The van der Waals surface area contributed by atoms with E-state index in [0.29, 0.717) is 12.6 Å². The zero-order valence-corrected chi connectivity index (χ0v) is 12.7. The third-order valence-corrected chi connectivity index (χ3v) is 3.74. The molecule has 0 fully saturated rings. The van der Waals surface area contributed by atoms with Crippen molar-refractivity contribution in [2.24, 2.45) is 0 Å². The maximum absolute atomic E-state index is 13.2. The van der Waals surface area contributed by atoms with Crippen LogP contribution in [0.5, 0.6) is 0 Å². The van der Waals surface area contributed by atoms with Crippen molar-refractivity contribution in [2.75, 3.05) is 0 Å².